The Bertz CT molecular complexity index is 87.2. The van der Waals surface area contributed by atoms with Crippen LogP contribution in [0.5, 0.6) is 0 Å². The van der Waals surface area contributed by atoms with Crippen LogP contribution in [-0.4, -0.2) is 31.4 Å². The number of carboxylic acids is 1. The highest BCUT2D eigenvalue weighted by Gasteiger charge is 1.90. The van der Waals surface area contributed by atoms with Crippen LogP contribution in [0.1, 0.15) is 6.92 Å². The van der Waals surface area contributed by atoms with E-state index < -0.39 is 5.97 Å². The Balaban J connectivity index is 0. The van der Waals surface area contributed by atoms with Gasteiger partial charge in [0.15, 0.2) is 0 Å². The summed E-state index contributed by atoms with van der Waals surface area (Å²) in [5.74, 6) is -0.935. The first-order chi connectivity index (χ1) is 4.06. The molecule has 0 aliphatic heterocycles. The summed E-state index contributed by atoms with van der Waals surface area (Å²) in [5.41, 5.74) is 0.176. The monoisotopic (exact) mass is 140 g/mol. The highest BCUT2D eigenvalue weighted by Crippen LogP contribution is 1.81. The van der Waals surface area contributed by atoms with Gasteiger partial charge < -0.3 is 5.11 Å². The van der Waals surface area contributed by atoms with Crippen LogP contribution in [0.4, 0.5) is 0 Å². The van der Waals surface area contributed by atoms with Gasteiger partial charge in [-0.3, -0.25) is 0 Å². The molecule has 50 valence electrons. The number of hydrogen-bond acceptors (Lipinski definition) is 1. The van der Waals surface area contributed by atoms with Crippen molar-refractivity contribution in [3.63, 3.8) is 0 Å². The minimum Gasteiger partial charge on any atom is -0.478 e. The molecule has 1 N–H and O–H groups in total. The van der Waals surface area contributed by atoms with Crippen molar-refractivity contribution in [2.75, 3.05) is 0 Å². The van der Waals surface area contributed by atoms with E-state index in [2.05, 4.69) is 16.7 Å². The summed E-state index contributed by atoms with van der Waals surface area (Å²) in [5, 5.41) is 12.4. The molecule has 9 heavy (non-hydrogen) atoms. The number of rotatable bonds is 1. The van der Waals surface area contributed by atoms with Crippen molar-refractivity contribution in [3.05, 3.63) is 12.2 Å². The summed E-state index contributed by atoms with van der Waals surface area (Å²) >= 11 is 0.417. The molecule has 0 aromatic carbocycles. The Hall–Kier alpha value is -0.0238. The van der Waals surface area contributed by atoms with Gasteiger partial charge in [0.05, 0.1) is 0 Å². The summed E-state index contributed by atoms with van der Waals surface area (Å²) in [6, 6.07) is 0. The molecule has 0 bridgehead atoms. The van der Waals surface area contributed by atoms with Gasteiger partial charge in [-0.05, 0) is 6.92 Å². The second-order valence-electron chi connectivity index (χ2n) is 1.79. The summed E-state index contributed by atoms with van der Waals surface area (Å²) in [4.78, 5) is 9.60. The zero-order chi connectivity index (χ0) is 7.86. The van der Waals surface area contributed by atoms with Crippen LogP contribution in [0.2, 0.25) is 10.1 Å². The SMILES string of the molecule is C=C(C)C(=O)O.[CH3][Mg][CH3]. The lowest BCUT2D eigenvalue weighted by atomic mass is 10.4. The van der Waals surface area contributed by atoms with Gasteiger partial charge in [0.2, 0.25) is 0 Å². The molecule has 0 saturated carbocycles. The molecule has 0 heterocycles. The number of aliphatic carboxylic acids is 1. The van der Waals surface area contributed by atoms with Crippen molar-refractivity contribution < 1.29 is 9.90 Å². The molecule has 0 saturated heterocycles. The Morgan fingerprint density at radius 1 is 1.56 bits per heavy atom. The third-order valence-corrected chi connectivity index (χ3v) is 0.365. The largest absolute Gasteiger partial charge is 0.478 e. The molecular formula is C6H12MgO2. The molecule has 2 nitrogen and oxygen atoms in total. The minimum atomic E-state index is -0.935. The van der Waals surface area contributed by atoms with Crippen LogP contribution in [0.25, 0.3) is 0 Å². The lowest BCUT2D eigenvalue weighted by Gasteiger charge is -1.79. The van der Waals surface area contributed by atoms with Crippen molar-refractivity contribution >= 4 is 26.3 Å². The lowest BCUT2D eigenvalue weighted by molar-refractivity contribution is -0.132. The topological polar surface area (TPSA) is 37.3 Å². The van der Waals surface area contributed by atoms with Gasteiger partial charge in [0.25, 0.3) is 0 Å². The van der Waals surface area contributed by atoms with Gasteiger partial charge in [0.1, 0.15) is 0 Å². The van der Waals surface area contributed by atoms with Crippen LogP contribution in [0.15, 0.2) is 12.2 Å². The maximum absolute atomic E-state index is 9.60. The Labute approximate surface area is 65.7 Å². The maximum atomic E-state index is 9.60. The van der Waals surface area contributed by atoms with Crippen molar-refractivity contribution in [1.29, 1.82) is 0 Å². The maximum Gasteiger partial charge on any atom is 0.356 e. The van der Waals surface area contributed by atoms with Crippen molar-refractivity contribution in [3.8, 4) is 0 Å². The van der Waals surface area contributed by atoms with E-state index in [1.807, 2.05) is 0 Å². The lowest BCUT2D eigenvalue weighted by Crippen LogP contribution is -1.92. The second-order valence-corrected chi connectivity index (χ2v) is 3.21. The summed E-state index contributed by atoms with van der Waals surface area (Å²) in [7, 11) is 0. The summed E-state index contributed by atoms with van der Waals surface area (Å²) in [6.07, 6.45) is 0. The van der Waals surface area contributed by atoms with Crippen molar-refractivity contribution in [1.82, 2.24) is 0 Å². The standard InChI is InChI=1S/C4H6O2.2CH3.Mg/c1-3(2)4(5)6;;;/h1H2,2H3,(H,5,6);2*1H3;. The molecule has 0 spiro atoms. The zero-order valence-electron chi connectivity index (χ0n) is 6.27. The van der Waals surface area contributed by atoms with Gasteiger partial charge in [-0.1, -0.05) is 6.58 Å². The van der Waals surface area contributed by atoms with Crippen LogP contribution in [0.3, 0.4) is 0 Å². The van der Waals surface area contributed by atoms with Gasteiger partial charge in [-0.15, -0.1) is 0 Å². The molecule has 0 rings (SSSR count). The third-order valence-electron chi connectivity index (χ3n) is 0.365. The van der Waals surface area contributed by atoms with E-state index in [9.17, 15) is 4.79 Å². The predicted octanol–water partition coefficient (Wildman–Crippen LogP) is 1.43. The molecule has 0 aromatic rings. The molecular weight excluding hydrogens is 128 g/mol. The van der Waals surface area contributed by atoms with E-state index in [4.69, 9.17) is 5.11 Å². The van der Waals surface area contributed by atoms with E-state index >= 15 is 0 Å². The first kappa shape index (κ1) is 11.7. The van der Waals surface area contributed by atoms with Gasteiger partial charge in [-0.2, -0.15) is 10.1 Å². The fraction of sp³-hybridized carbons (Fsp3) is 0.500. The van der Waals surface area contributed by atoms with Crippen molar-refractivity contribution in [2.24, 2.45) is 0 Å². The molecule has 3 heteroatoms. The molecule has 0 atom stereocenters. The smallest absolute Gasteiger partial charge is 0.356 e. The van der Waals surface area contributed by atoms with E-state index in [0.717, 1.165) is 0 Å². The highest BCUT2D eigenvalue weighted by atomic mass is 24.5. The zero-order valence-corrected chi connectivity index (χ0v) is 7.68. The number of carboxylic acid groups (broad SMARTS) is 1. The minimum absolute atomic E-state index is 0.176. The number of carbonyl (C=O) groups is 1. The van der Waals surface area contributed by atoms with Crippen LogP contribution >= 0.6 is 0 Å². The molecule has 0 unspecified atom stereocenters. The first-order valence-corrected chi connectivity index (χ1v) is 5.77. The van der Waals surface area contributed by atoms with Crippen LogP contribution in [-0.2, 0) is 4.79 Å². The number of hydrogen-bond donors (Lipinski definition) is 1. The molecule has 0 fully saturated rings. The normalized spacial score (nSPS) is 6.11. The molecule has 0 radical (unpaired) electrons. The third kappa shape index (κ3) is 18.0. The average Bonchev–Trinajstić information content (AvgIpc) is 1.68. The molecule has 0 amide bonds. The average molecular weight is 140 g/mol. The second kappa shape index (κ2) is 7.98. The van der Waals surface area contributed by atoms with Crippen molar-refractivity contribution in [2.45, 2.75) is 17.0 Å². The Morgan fingerprint density at radius 2 is 1.67 bits per heavy atom. The van der Waals surface area contributed by atoms with E-state index in [0.29, 0.717) is 20.4 Å². The van der Waals surface area contributed by atoms with Gasteiger partial charge in [-0.25, -0.2) is 4.79 Å². The van der Waals surface area contributed by atoms with Gasteiger partial charge in [0, 0.05) is 5.57 Å². The van der Waals surface area contributed by atoms with E-state index in [1.165, 1.54) is 6.92 Å². The molecule has 0 aliphatic carbocycles. The summed E-state index contributed by atoms with van der Waals surface area (Å²) < 4.78 is 0. The highest BCUT2D eigenvalue weighted by molar-refractivity contribution is 6.31. The first-order valence-electron chi connectivity index (χ1n) is 2.95. The quantitative estimate of drug-likeness (QED) is 0.442. The Morgan fingerprint density at radius 3 is 1.67 bits per heavy atom. The summed E-state index contributed by atoms with van der Waals surface area (Å²) in [6.45, 7) is 4.60. The van der Waals surface area contributed by atoms with Crippen LogP contribution < -0.4 is 0 Å². The fourth-order valence-corrected chi connectivity index (χ4v) is 0. The molecule has 0 aromatic heterocycles. The molecule has 0 aliphatic rings. The fourth-order valence-electron chi connectivity index (χ4n) is 0. The Kier molecular flexibility index (Phi) is 10.4. The van der Waals surface area contributed by atoms with E-state index in [-0.39, 0.29) is 5.57 Å². The van der Waals surface area contributed by atoms with Crippen LogP contribution in [0, 0.1) is 0 Å². The van der Waals surface area contributed by atoms with Gasteiger partial charge >= 0.3 is 26.3 Å². The predicted molar refractivity (Wildman–Crippen MR) is 39.9 cm³/mol. The van der Waals surface area contributed by atoms with E-state index in [1.54, 1.807) is 0 Å².